The maximum absolute atomic E-state index is 14.4. The van der Waals surface area contributed by atoms with Crippen LogP contribution < -0.4 is 15.5 Å². The summed E-state index contributed by atoms with van der Waals surface area (Å²) >= 11 is 6.07. The molecule has 0 amide bonds. The summed E-state index contributed by atoms with van der Waals surface area (Å²) in [5.41, 5.74) is 2.99. The van der Waals surface area contributed by atoms with Crippen LogP contribution in [0.1, 0.15) is 6.42 Å². The second-order valence-corrected chi connectivity index (χ2v) is 7.51. The minimum Gasteiger partial charge on any atom is -0.367 e. The molecule has 2 aliphatic rings. The number of fused-ring (bicyclic) bond motifs is 1. The van der Waals surface area contributed by atoms with E-state index in [-0.39, 0.29) is 23.6 Å². The van der Waals surface area contributed by atoms with Crippen LogP contribution in [0.25, 0.3) is 11.1 Å². The van der Waals surface area contributed by atoms with Crippen LogP contribution in [0.15, 0.2) is 47.2 Å². The molecule has 0 saturated carbocycles. The Hall–Kier alpha value is -2.45. The predicted octanol–water partition coefficient (Wildman–Crippen LogP) is 3.48. The van der Waals surface area contributed by atoms with Crippen LogP contribution in [-0.2, 0) is 6.54 Å². The molecule has 2 aromatic heterocycles. The maximum Gasteiger partial charge on any atom is 0.149 e. The van der Waals surface area contributed by atoms with Crippen molar-refractivity contribution in [3.63, 3.8) is 0 Å². The van der Waals surface area contributed by atoms with Crippen molar-refractivity contribution in [2.45, 2.75) is 19.1 Å². The zero-order chi connectivity index (χ0) is 20.4. The molecule has 4 rings (SSSR count). The molecule has 0 spiro atoms. The number of alkyl halides is 1. The number of allylic oxidation sites excluding steroid dienone is 3. The first-order chi connectivity index (χ1) is 14.1. The van der Waals surface area contributed by atoms with Crippen molar-refractivity contribution in [3.05, 3.63) is 47.2 Å². The van der Waals surface area contributed by atoms with E-state index in [0.717, 1.165) is 35.7 Å². The number of aromatic nitrogens is 3. The van der Waals surface area contributed by atoms with E-state index in [4.69, 9.17) is 11.6 Å². The summed E-state index contributed by atoms with van der Waals surface area (Å²) in [4.78, 5) is 6.53. The molecule has 0 radical (unpaired) electrons. The average molecular weight is 421 g/mol. The highest BCUT2D eigenvalue weighted by molar-refractivity contribution is 6.32. The van der Waals surface area contributed by atoms with Gasteiger partial charge in [0.2, 0.25) is 0 Å². The lowest BCUT2D eigenvalue weighted by atomic mass is 10.0. The molecule has 0 bridgehead atoms. The van der Waals surface area contributed by atoms with Gasteiger partial charge in [-0.2, -0.15) is 5.10 Å². The second-order valence-electron chi connectivity index (χ2n) is 7.13. The summed E-state index contributed by atoms with van der Waals surface area (Å²) in [6.07, 6.45) is 5.51. The number of nitrogens with zero attached hydrogens (tertiary/aromatic N) is 4. The molecule has 29 heavy (non-hydrogen) atoms. The first-order valence-corrected chi connectivity index (χ1v) is 9.99. The molecule has 1 aliphatic heterocycles. The summed E-state index contributed by atoms with van der Waals surface area (Å²) < 4.78 is 30.2. The number of anilines is 2. The number of hydrogen-bond donors (Lipinski definition) is 2. The fourth-order valence-corrected chi connectivity index (χ4v) is 3.80. The van der Waals surface area contributed by atoms with Gasteiger partial charge in [-0.25, -0.2) is 13.8 Å². The van der Waals surface area contributed by atoms with Crippen molar-refractivity contribution in [3.8, 4) is 11.1 Å². The van der Waals surface area contributed by atoms with E-state index in [9.17, 15) is 8.78 Å². The topological polar surface area (TPSA) is 58.0 Å². The van der Waals surface area contributed by atoms with Crippen molar-refractivity contribution in [2.24, 2.45) is 0 Å². The van der Waals surface area contributed by atoms with Gasteiger partial charge in [-0.1, -0.05) is 11.6 Å². The largest absolute Gasteiger partial charge is 0.367 e. The summed E-state index contributed by atoms with van der Waals surface area (Å²) in [7, 11) is 1.90. The maximum atomic E-state index is 14.4. The number of hydrogen-bond acceptors (Lipinski definition) is 5. The van der Waals surface area contributed by atoms with E-state index in [1.165, 1.54) is 6.08 Å². The second kappa shape index (κ2) is 8.51. The van der Waals surface area contributed by atoms with Crippen molar-refractivity contribution >= 4 is 23.1 Å². The molecule has 6 nitrogen and oxygen atoms in total. The van der Waals surface area contributed by atoms with Gasteiger partial charge in [-0.05, 0) is 19.2 Å². The van der Waals surface area contributed by atoms with Gasteiger partial charge in [0, 0.05) is 61.7 Å². The smallest absolute Gasteiger partial charge is 0.149 e. The predicted molar refractivity (Wildman–Crippen MR) is 112 cm³/mol. The summed E-state index contributed by atoms with van der Waals surface area (Å²) in [6, 6.07) is 2.00. The van der Waals surface area contributed by atoms with Gasteiger partial charge < -0.3 is 15.5 Å². The van der Waals surface area contributed by atoms with Crippen LogP contribution in [-0.4, -0.2) is 54.2 Å². The monoisotopic (exact) mass is 420 g/mol. The van der Waals surface area contributed by atoms with E-state index < -0.39 is 12.0 Å². The van der Waals surface area contributed by atoms with Gasteiger partial charge in [-0.15, -0.1) is 0 Å². The van der Waals surface area contributed by atoms with Crippen LogP contribution >= 0.6 is 11.6 Å². The fraction of sp³-hybridized carbons (Fsp3) is 0.400. The standard InChI is InChI=1S/C20H23ClF2N6/c1-24-4-7-29-11-14(10-27-29)13-8-18-20(26-9-13)25-5-6-28(18)12-15-16(22)2-3-17(23)19(15)21/h3,8-11,16,24H,2,4-7,12H2,1H3,(H,25,26). The number of halogens is 3. The first-order valence-electron chi connectivity index (χ1n) is 9.61. The van der Waals surface area contributed by atoms with Crippen LogP contribution in [0.3, 0.4) is 0 Å². The Labute approximate surface area is 173 Å². The third-order valence-corrected chi connectivity index (χ3v) is 5.60. The van der Waals surface area contributed by atoms with Crippen molar-refractivity contribution < 1.29 is 8.78 Å². The minimum atomic E-state index is -1.28. The van der Waals surface area contributed by atoms with Crippen LogP contribution in [0.2, 0.25) is 0 Å². The van der Waals surface area contributed by atoms with Crippen LogP contribution in [0.5, 0.6) is 0 Å². The van der Waals surface area contributed by atoms with Crippen molar-refractivity contribution in [1.82, 2.24) is 20.1 Å². The van der Waals surface area contributed by atoms with Crippen LogP contribution in [0.4, 0.5) is 20.3 Å². The summed E-state index contributed by atoms with van der Waals surface area (Å²) in [5, 5.41) is 10.6. The molecular weight excluding hydrogens is 398 g/mol. The fourth-order valence-electron chi connectivity index (χ4n) is 3.55. The normalized spacial score (nSPS) is 19.1. The lowest BCUT2D eigenvalue weighted by Gasteiger charge is -2.33. The Morgan fingerprint density at radius 2 is 2.21 bits per heavy atom. The molecule has 2 N–H and O–H groups in total. The van der Waals surface area contributed by atoms with Crippen LogP contribution in [0, 0.1) is 0 Å². The van der Waals surface area contributed by atoms with Gasteiger partial charge in [0.1, 0.15) is 17.8 Å². The summed E-state index contributed by atoms with van der Waals surface area (Å²) in [5.74, 6) is 0.174. The van der Waals surface area contributed by atoms with Gasteiger partial charge >= 0.3 is 0 Å². The number of nitrogens with one attached hydrogen (secondary N) is 2. The van der Waals surface area contributed by atoms with Gasteiger partial charge in [0.05, 0.1) is 23.5 Å². The van der Waals surface area contributed by atoms with Gasteiger partial charge in [-0.3, -0.25) is 4.68 Å². The molecule has 2 aromatic rings. The molecule has 1 atom stereocenters. The molecule has 0 fully saturated rings. The Bertz CT molecular complexity index is 954. The number of pyridine rings is 1. The number of likely N-dealkylation sites (N-methyl/N-ethyl adjacent to an activating group) is 1. The Balaban J connectivity index is 1.61. The lowest BCUT2D eigenvalue weighted by Crippen LogP contribution is -2.37. The summed E-state index contributed by atoms with van der Waals surface area (Å²) in [6.45, 7) is 3.13. The highest BCUT2D eigenvalue weighted by atomic mass is 35.5. The Kier molecular flexibility index (Phi) is 5.82. The average Bonchev–Trinajstić information content (AvgIpc) is 3.21. The number of rotatable bonds is 6. The molecular formula is C20H23ClF2N6. The van der Waals surface area contributed by atoms with E-state index in [2.05, 4.69) is 20.7 Å². The first kappa shape index (κ1) is 19.8. The van der Waals surface area contributed by atoms with Gasteiger partial charge in [0.25, 0.3) is 0 Å². The van der Waals surface area contributed by atoms with E-state index in [1.54, 1.807) is 12.4 Å². The molecule has 3 heterocycles. The highest BCUT2D eigenvalue weighted by Crippen LogP contribution is 2.36. The van der Waals surface area contributed by atoms with E-state index in [1.807, 2.05) is 28.9 Å². The van der Waals surface area contributed by atoms with Crippen molar-refractivity contribution in [2.75, 3.05) is 43.4 Å². The molecule has 0 saturated heterocycles. The van der Waals surface area contributed by atoms with Crippen molar-refractivity contribution in [1.29, 1.82) is 0 Å². The Morgan fingerprint density at radius 1 is 1.34 bits per heavy atom. The minimum absolute atomic E-state index is 0.0143. The quantitative estimate of drug-likeness (QED) is 0.749. The highest BCUT2D eigenvalue weighted by Gasteiger charge is 2.27. The molecule has 1 unspecified atom stereocenters. The van der Waals surface area contributed by atoms with E-state index >= 15 is 0 Å². The molecule has 0 aromatic carbocycles. The third kappa shape index (κ3) is 4.13. The lowest BCUT2D eigenvalue weighted by molar-refractivity contribution is 0.370. The van der Waals surface area contributed by atoms with E-state index in [0.29, 0.717) is 13.1 Å². The zero-order valence-electron chi connectivity index (χ0n) is 16.1. The van der Waals surface area contributed by atoms with Gasteiger partial charge in [0.15, 0.2) is 0 Å². The Morgan fingerprint density at radius 3 is 3.03 bits per heavy atom. The molecule has 9 heteroatoms. The third-order valence-electron chi connectivity index (χ3n) is 5.17. The SMILES string of the molecule is CNCCn1cc(-c2cnc3c(c2)N(CC2=C(Cl)C(F)=CCC2F)CCN3)cn1. The molecule has 1 aliphatic carbocycles. The zero-order valence-corrected chi connectivity index (χ0v) is 16.9. The molecule has 154 valence electrons.